The molecule has 100 valence electrons. The van der Waals surface area contributed by atoms with Crippen molar-refractivity contribution >= 4 is 22.7 Å². The second kappa shape index (κ2) is 5.01. The number of anilines is 2. The number of hydrogen-bond acceptors (Lipinski definition) is 5. The van der Waals surface area contributed by atoms with E-state index in [-0.39, 0.29) is 0 Å². The highest BCUT2D eigenvalue weighted by Crippen LogP contribution is 2.38. The fourth-order valence-electron chi connectivity index (χ4n) is 2.15. The molecular weight excluding hydrogens is 260 g/mol. The summed E-state index contributed by atoms with van der Waals surface area (Å²) in [5.74, 6) is 1.51. The molecule has 0 unspecified atom stereocenters. The fraction of sp³-hybridized carbons (Fsp3) is 0.286. The van der Waals surface area contributed by atoms with Crippen molar-refractivity contribution in [3.63, 3.8) is 0 Å². The van der Waals surface area contributed by atoms with Gasteiger partial charge in [-0.1, -0.05) is 6.07 Å². The summed E-state index contributed by atoms with van der Waals surface area (Å²) in [6.07, 6.45) is 0. The summed E-state index contributed by atoms with van der Waals surface area (Å²) in [4.78, 5) is 3.43. The molecule has 2 N–H and O–H groups in total. The number of hydrogen-bond donors (Lipinski definition) is 1. The van der Waals surface area contributed by atoms with Gasteiger partial charge in [0.15, 0.2) is 11.5 Å². The van der Waals surface area contributed by atoms with Crippen molar-refractivity contribution in [2.45, 2.75) is 6.54 Å². The molecule has 19 heavy (non-hydrogen) atoms. The Morgan fingerprint density at radius 2 is 2.00 bits per heavy atom. The largest absolute Gasteiger partial charge is 0.486 e. The van der Waals surface area contributed by atoms with Crippen LogP contribution in [0.25, 0.3) is 0 Å². The van der Waals surface area contributed by atoms with Crippen LogP contribution in [0.4, 0.5) is 11.4 Å². The van der Waals surface area contributed by atoms with Crippen LogP contribution in [-0.4, -0.2) is 20.3 Å². The van der Waals surface area contributed by atoms with E-state index in [4.69, 9.17) is 15.2 Å². The Balaban J connectivity index is 1.87. The molecule has 1 aliphatic rings. The fourth-order valence-corrected chi connectivity index (χ4v) is 2.90. The van der Waals surface area contributed by atoms with Gasteiger partial charge in [-0.15, -0.1) is 11.3 Å². The average Bonchev–Trinajstić information content (AvgIpc) is 2.90. The topological polar surface area (TPSA) is 47.7 Å². The molecule has 0 atom stereocenters. The zero-order valence-electron chi connectivity index (χ0n) is 10.8. The van der Waals surface area contributed by atoms with Gasteiger partial charge >= 0.3 is 0 Å². The highest BCUT2D eigenvalue weighted by molar-refractivity contribution is 7.09. The van der Waals surface area contributed by atoms with Crippen LogP contribution in [0.2, 0.25) is 0 Å². The molecule has 0 fully saturated rings. The van der Waals surface area contributed by atoms with Gasteiger partial charge in [0.05, 0.1) is 17.9 Å². The van der Waals surface area contributed by atoms with Crippen LogP contribution in [-0.2, 0) is 6.54 Å². The van der Waals surface area contributed by atoms with Gasteiger partial charge in [-0.2, -0.15) is 0 Å². The van der Waals surface area contributed by atoms with Crippen molar-refractivity contribution in [1.82, 2.24) is 0 Å². The smallest absolute Gasteiger partial charge is 0.163 e. The van der Waals surface area contributed by atoms with Gasteiger partial charge in [-0.25, -0.2) is 0 Å². The Kier molecular flexibility index (Phi) is 3.21. The highest BCUT2D eigenvalue weighted by Gasteiger charge is 2.16. The van der Waals surface area contributed by atoms with E-state index in [2.05, 4.69) is 22.4 Å². The maximum atomic E-state index is 6.10. The molecule has 0 saturated carbocycles. The lowest BCUT2D eigenvalue weighted by molar-refractivity contribution is 0.172. The summed E-state index contributed by atoms with van der Waals surface area (Å²) >= 11 is 1.74. The minimum atomic E-state index is 0.580. The van der Waals surface area contributed by atoms with Gasteiger partial charge in [0.2, 0.25) is 0 Å². The predicted molar refractivity (Wildman–Crippen MR) is 78.3 cm³/mol. The summed E-state index contributed by atoms with van der Waals surface area (Å²) in [5, 5.41) is 2.08. The molecule has 0 spiro atoms. The van der Waals surface area contributed by atoms with Crippen LogP contribution < -0.4 is 20.1 Å². The predicted octanol–water partition coefficient (Wildman–Crippen LogP) is 2.74. The first kappa shape index (κ1) is 12.2. The number of thiophene rings is 1. The van der Waals surface area contributed by atoms with Crippen molar-refractivity contribution < 1.29 is 9.47 Å². The summed E-state index contributed by atoms with van der Waals surface area (Å²) in [6.45, 7) is 2.00. The van der Waals surface area contributed by atoms with Gasteiger partial charge in [-0.3, -0.25) is 0 Å². The normalized spacial score (nSPS) is 13.3. The molecule has 1 aromatic heterocycles. The quantitative estimate of drug-likeness (QED) is 0.876. The molecule has 2 heterocycles. The monoisotopic (exact) mass is 276 g/mol. The third-order valence-electron chi connectivity index (χ3n) is 3.08. The molecule has 4 nitrogen and oxygen atoms in total. The van der Waals surface area contributed by atoms with E-state index < -0.39 is 0 Å². The number of benzene rings is 1. The van der Waals surface area contributed by atoms with Crippen molar-refractivity contribution in [3.05, 3.63) is 34.5 Å². The summed E-state index contributed by atoms with van der Waals surface area (Å²) in [5.41, 5.74) is 7.78. The molecule has 1 aromatic carbocycles. The Hall–Kier alpha value is -1.88. The Morgan fingerprint density at radius 3 is 2.68 bits per heavy atom. The first-order chi connectivity index (χ1) is 9.24. The molecule has 2 aromatic rings. The third kappa shape index (κ3) is 2.46. The molecule has 0 radical (unpaired) electrons. The molecule has 0 saturated heterocycles. The second-order valence-corrected chi connectivity index (χ2v) is 5.52. The van der Waals surface area contributed by atoms with E-state index in [1.54, 1.807) is 11.3 Å². The lowest BCUT2D eigenvalue weighted by Gasteiger charge is -2.24. The number of ether oxygens (including phenoxy) is 2. The maximum Gasteiger partial charge on any atom is 0.163 e. The van der Waals surface area contributed by atoms with Gasteiger partial charge in [0.25, 0.3) is 0 Å². The molecule has 0 aliphatic carbocycles. The van der Waals surface area contributed by atoms with E-state index in [9.17, 15) is 0 Å². The van der Waals surface area contributed by atoms with Gasteiger partial charge in [-0.05, 0) is 11.4 Å². The average molecular weight is 276 g/mol. The zero-order valence-corrected chi connectivity index (χ0v) is 11.6. The Bertz CT molecular complexity index is 569. The lowest BCUT2D eigenvalue weighted by atomic mass is 10.2. The van der Waals surface area contributed by atoms with E-state index in [1.165, 1.54) is 4.88 Å². The highest BCUT2D eigenvalue weighted by atomic mass is 32.1. The van der Waals surface area contributed by atoms with Gasteiger partial charge in [0.1, 0.15) is 13.2 Å². The first-order valence-corrected chi connectivity index (χ1v) is 7.04. The van der Waals surface area contributed by atoms with Crippen molar-refractivity contribution in [2.24, 2.45) is 0 Å². The van der Waals surface area contributed by atoms with Crippen molar-refractivity contribution in [1.29, 1.82) is 0 Å². The van der Waals surface area contributed by atoms with Crippen LogP contribution in [0.5, 0.6) is 11.5 Å². The third-order valence-corrected chi connectivity index (χ3v) is 3.94. The van der Waals surface area contributed by atoms with Crippen LogP contribution in [0.15, 0.2) is 29.6 Å². The minimum absolute atomic E-state index is 0.580. The Morgan fingerprint density at radius 1 is 1.26 bits per heavy atom. The summed E-state index contributed by atoms with van der Waals surface area (Å²) in [7, 11) is 2.03. The van der Waals surface area contributed by atoms with Crippen LogP contribution in [0.3, 0.4) is 0 Å². The number of nitrogens with two attached hydrogens (primary N) is 1. The van der Waals surface area contributed by atoms with Crippen molar-refractivity contribution in [2.75, 3.05) is 30.9 Å². The Labute approximate surface area is 116 Å². The van der Waals surface area contributed by atoms with Crippen LogP contribution in [0, 0.1) is 0 Å². The van der Waals surface area contributed by atoms with E-state index >= 15 is 0 Å². The number of rotatable bonds is 3. The number of nitrogens with zero attached hydrogens (tertiary/aromatic N) is 1. The van der Waals surface area contributed by atoms with Gasteiger partial charge < -0.3 is 20.1 Å². The lowest BCUT2D eigenvalue weighted by Crippen LogP contribution is -2.19. The molecule has 0 bridgehead atoms. The minimum Gasteiger partial charge on any atom is -0.486 e. The van der Waals surface area contributed by atoms with Crippen LogP contribution >= 0.6 is 11.3 Å². The zero-order chi connectivity index (χ0) is 13.2. The molecule has 5 heteroatoms. The van der Waals surface area contributed by atoms with Crippen LogP contribution in [0.1, 0.15) is 4.88 Å². The van der Waals surface area contributed by atoms with Gasteiger partial charge in [0, 0.05) is 24.1 Å². The summed E-state index contributed by atoms with van der Waals surface area (Å²) < 4.78 is 11.1. The van der Waals surface area contributed by atoms with E-state index in [0.29, 0.717) is 18.9 Å². The molecule has 0 amide bonds. The second-order valence-electron chi connectivity index (χ2n) is 4.49. The molecule has 3 rings (SSSR count). The maximum absolute atomic E-state index is 6.10. The van der Waals surface area contributed by atoms with Crippen molar-refractivity contribution in [3.8, 4) is 11.5 Å². The van der Waals surface area contributed by atoms with E-state index in [1.807, 2.05) is 19.2 Å². The molecule has 1 aliphatic heterocycles. The standard InChI is InChI=1S/C14H16N2O2S/c1-16(9-10-3-2-6-19-10)12-8-14-13(7-11(12)15)17-4-5-18-14/h2-3,6-8H,4-5,9,15H2,1H3. The van der Waals surface area contributed by atoms with E-state index in [0.717, 1.165) is 23.7 Å². The molecular formula is C14H16N2O2S. The first-order valence-electron chi connectivity index (χ1n) is 6.16. The SMILES string of the molecule is CN(Cc1cccs1)c1cc2c(cc1N)OCCO2. The number of nitrogen functional groups attached to an aromatic ring is 1. The number of fused-ring (bicyclic) bond motifs is 1. The summed E-state index contributed by atoms with van der Waals surface area (Å²) in [6, 6.07) is 7.97.